The third kappa shape index (κ3) is 2.53. The molecule has 1 unspecified atom stereocenters. The van der Waals surface area contributed by atoms with Gasteiger partial charge in [-0.1, -0.05) is 19.1 Å². The van der Waals surface area contributed by atoms with Gasteiger partial charge in [0.1, 0.15) is 0 Å². The lowest BCUT2D eigenvalue weighted by Gasteiger charge is -2.20. The van der Waals surface area contributed by atoms with Gasteiger partial charge < -0.3 is 10.6 Å². The zero-order valence-electron chi connectivity index (χ0n) is 10.7. The first-order chi connectivity index (χ1) is 8.53. The average Bonchev–Trinajstić information content (AvgIpc) is 2.71. The third-order valence-electron chi connectivity index (χ3n) is 3.39. The molecule has 0 bridgehead atoms. The molecule has 1 aliphatic rings. The van der Waals surface area contributed by atoms with Crippen LogP contribution < -0.4 is 10.6 Å². The standard InChI is InChI=1S/C14H18N2O2/c1-3-10-4-6-11(7-5-10)16-13(18)14(2)8-12(17)15-9-14/h4-7H,3,8-9H2,1-2H3,(H,15,17)(H,16,18). The lowest BCUT2D eigenvalue weighted by atomic mass is 9.88. The second-order valence-electron chi connectivity index (χ2n) is 5.02. The predicted molar refractivity (Wildman–Crippen MR) is 70.2 cm³/mol. The highest BCUT2D eigenvalue weighted by Crippen LogP contribution is 2.27. The van der Waals surface area contributed by atoms with Gasteiger partial charge in [0.25, 0.3) is 0 Å². The molecule has 4 nitrogen and oxygen atoms in total. The van der Waals surface area contributed by atoms with E-state index in [1.54, 1.807) is 6.92 Å². The van der Waals surface area contributed by atoms with Crippen molar-refractivity contribution in [3.05, 3.63) is 29.8 Å². The molecule has 1 aromatic carbocycles. The number of carbonyl (C=O) groups excluding carboxylic acids is 2. The van der Waals surface area contributed by atoms with E-state index in [9.17, 15) is 9.59 Å². The zero-order valence-corrected chi connectivity index (χ0v) is 10.7. The van der Waals surface area contributed by atoms with Crippen molar-refractivity contribution in [1.29, 1.82) is 0 Å². The summed E-state index contributed by atoms with van der Waals surface area (Å²) in [7, 11) is 0. The minimum absolute atomic E-state index is 0.0611. The molecular weight excluding hydrogens is 228 g/mol. The van der Waals surface area contributed by atoms with Gasteiger partial charge >= 0.3 is 0 Å². The number of amides is 2. The minimum atomic E-state index is -0.638. The smallest absolute Gasteiger partial charge is 0.232 e. The summed E-state index contributed by atoms with van der Waals surface area (Å²) < 4.78 is 0. The number of hydrogen-bond donors (Lipinski definition) is 2. The SMILES string of the molecule is CCc1ccc(NC(=O)C2(C)CNC(=O)C2)cc1. The fourth-order valence-electron chi connectivity index (χ4n) is 2.04. The fourth-order valence-corrected chi connectivity index (χ4v) is 2.04. The molecular formula is C14H18N2O2. The van der Waals surface area contributed by atoms with Crippen LogP contribution in [0.3, 0.4) is 0 Å². The van der Waals surface area contributed by atoms with E-state index < -0.39 is 5.41 Å². The van der Waals surface area contributed by atoms with Crippen LogP contribution in [-0.2, 0) is 16.0 Å². The number of rotatable bonds is 3. The predicted octanol–water partition coefficient (Wildman–Crippen LogP) is 1.71. The van der Waals surface area contributed by atoms with Crippen molar-refractivity contribution in [2.75, 3.05) is 11.9 Å². The molecule has 4 heteroatoms. The van der Waals surface area contributed by atoms with E-state index in [2.05, 4.69) is 17.6 Å². The van der Waals surface area contributed by atoms with Crippen molar-refractivity contribution in [2.24, 2.45) is 5.41 Å². The molecule has 1 atom stereocenters. The summed E-state index contributed by atoms with van der Waals surface area (Å²) in [5.41, 5.74) is 1.37. The molecule has 0 aliphatic carbocycles. The van der Waals surface area contributed by atoms with Crippen LogP contribution in [0.15, 0.2) is 24.3 Å². The highest BCUT2D eigenvalue weighted by molar-refractivity contribution is 5.99. The molecule has 1 aromatic rings. The van der Waals surface area contributed by atoms with E-state index in [0.29, 0.717) is 6.54 Å². The molecule has 2 amide bonds. The topological polar surface area (TPSA) is 58.2 Å². The van der Waals surface area contributed by atoms with Gasteiger partial charge in [-0.25, -0.2) is 0 Å². The Kier molecular flexibility index (Phi) is 3.36. The number of hydrogen-bond acceptors (Lipinski definition) is 2. The van der Waals surface area contributed by atoms with Gasteiger partial charge in [-0.3, -0.25) is 9.59 Å². The fraction of sp³-hybridized carbons (Fsp3) is 0.429. The van der Waals surface area contributed by atoms with Gasteiger partial charge in [0.2, 0.25) is 11.8 Å². The first kappa shape index (κ1) is 12.6. The highest BCUT2D eigenvalue weighted by Gasteiger charge is 2.40. The Balaban J connectivity index is 2.04. The lowest BCUT2D eigenvalue weighted by Crippen LogP contribution is -2.35. The van der Waals surface area contributed by atoms with Crippen molar-refractivity contribution in [3.63, 3.8) is 0 Å². The van der Waals surface area contributed by atoms with E-state index in [-0.39, 0.29) is 18.2 Å². The maximum Gasteiger partial charge on any atom is 0.232 e. The minimum Gasteiger partial charge on any atom is -0.355 e. The molecule has 2 rings (SSSR count). The van der Waals surface area contributed by atoms with Crippen LogP contribution in [0.1, 0.15) is 25.8 Å². The number of carbonyl (C=O) groups is 2. The van der Waals surface area contributed by atoms with Gasteiger partial charge in [0, 0.05) is 18.7 Å². The average molecular weight is 246 g/mol. The first-order valence-corrected chi connectivity index (χ1v) is 6.20. The Morgan fingerprint density at radius 1 is 1.39 bits per heavy atom. The molecule has 0 aromatic heterocycles. The Hall–Kier alpha value is -1.84. The number of benzene rings is 1. The van der Waals surface area contributed by atoms with Crippen molar-refractivity contribution < 1.29 is 9.59 Å². The molecule has 2 N–H and O–H groups in total. The maximum absolute atomic E-state index is 12.1. The van der Waals surface area contributed by atoms with Crippen LogP contribution in [0.5, 0.6) is 0 Å². The summed E-state index contributed by atoms with van der Waals surface area (Å²) in [6.45, 7) is 4.30. The Morgan fingerprint density at radius 2 is 2.06 bits per heavy atom. The van der Waals surface area contributed by atoms with Gasteiger partial charge in [-0.2, -0.15) is 0 Å². The maximum atomic E-state index is 12.1. The normalized spacial score (nSPS) is 22.7. The van der Waals surface area contributed by atoms with Gasteiger partial charge in [0.05, 0.1) is 5.41 Å². The summed E-state index contributed by atoms with van der Waals surface area (Å²) >= 11 is 0. The second-order valence-corrected chi connectivity index (χ2v) is 5.02. The van der Waals surface area contributed by atoms with Gasteiger partial charge in [0.15, 0.2) is 0 Å². The van der Waals surface area contributed by atoms with Crippen molar-refractivity contribution in [1.82, 2.24) is 5.32 Å². The summed E-state index contributed by atoms with van der Waals surface area (Å²) in [6, 6.07) is 7.78. The number of nitrogens with one attached hydrogen (secondary N) is 2. The molecule has 0 spiro atoms. The molecule has 1 fully saturated rings. The van der Waals surface area contributed by atoms with E-state index in [1.807, 2.05) is 24.3 Å². The highest BCUT2D eigenvalue weighted by atomic mass is 16.2. The van der Waals surface area contributed by atoms with Crippen LogP contribution in [0, 0.1) is 5.41 Å². The molecule has 1 heterocycles. The molecule has 96 valence electrons. The number of aryl methyl sites for hydroxylation is 1. The zero-order chi connectivity index (χ0) is 13.2. The van der Waals surface area contributed by atoms with E-state index in [1.165, 1.54) is 5.56 Å². The molecule has 1 saturated heterocycles. The lowest BCUT2D eigenvalue weighted by molar-refractivity contribution is -0.126. The summed E-state index contributed by atoms with van der Waals surface area (Å²) in [4.78, 5) is 23.3. The summed E-state index contributed by atoms with van der Waals surface area (Å²) in [6.07, 6.45) is 1.23. The van der Waals surface area contributed by atoms with Crippen LogP contribution >= 0.6 is 0 Å². The molecule has 0 radical (unpaired) electrons. The molecule has 18 heavy (non-hydrogen) atoms. The van der Waals surface area contributed by atoms with E-state index in [4.69, 9.17) is 0 Å². The summed E-state index contributed by atoms with van der Waals surface area (Å²) in [5, 5.41) is 5.56. The van der Waals surface area contributed by atoms with Crippen LogP contribution in [0.4, 0.5) is 5.69 Å². The van der Waals surface area contributed by atoms with Gasteiger partial charge in [-0.05, 0) is 31.0 Å². The van der Waals surface area contributed by atoms with Crippen LogP contribution in [0.2, 0.25) is 0 Å². The third-order valence-corrected chi connectivity index (χ3v) is 3.39. The Morgan fingerprint density at radius 3 is 2.56 bits per heavy atom. The monoisotopic (exact) mass is 246 g/mol. The van der Waals surface area contributed by atoms with Gasteiger partial charge in [-0.15, -0.1) is 0 Å². The Bertz CT molecular complexity index is 467. The quantitative estimate of drug-likeness (QED) is 0.853. The van der Waals surface area contributed by atoms with Crippen molar-refractivity contribution in [3.8, 4) is 0 Å². The molecule has 0 saturated carbocycles. The van der Waals surface area contributed by atoms with E-state index in [0.717, 1.165) is 12.1 Å². The first-order valence-electron chi connectivity index (χ1n) is 6.20. The van der Waals surface area contributed by atoms with Crippen LogP contribution in [-0.4, -0.2) is 18.4 Å². The largest absolute Gasteiger partial charge is 0.355 e. The molecule has 1 aliphatic heterocycles. The number of anilines is 1. The van der Waals surface area contributed by atoms with Crippen LogP contribution in [0.25, 0.3) is 0 Å². The summed E-state index contributed by atoms with van der Waals surface area (Å²) in [5.74, 6) is -0.168. The second kappa shape index (κ2) is 4.80. The van der Waals surface area contributed by atoms with Crippen molar-refractivity contribution >= 4 is 17.5 Å². The Labute approximate surface area is 107 Å². The van der Waals surface area contributed by atoms with E-state index >= 15 is 0 Å². The van der Waals surface area contributed by atoms with Crippen molar-refractivity contribution in [2.45, 2.75) is 26.7 Å².